The fraction of sp³-hybridized carbons (Fsp3) is 0.158. The molecule has 0 aliphatic carbocycles. The zero-order valence-electron chi connectivity index (χ0n) is 14.6. The fourth-order valence-electron chi connectivity index (χ4n) is 2.47. The second-order valence-electron chi connectivity index (χ2n) is 5.94. The van der Waals surface area contributed by atoms with Crippen LogP contribution in [-0.2, 0) is 12.7 Å². The molecule has 0 bridgehead atoms. The molecule has 0 saturated carbocycles. The van der Waals surface area contributed by atoms with Crippen LogP contribution >= 0.6 is 11.3 Å². The number of hydrogen-bond donors (Lipinski definition) is 2. The van der Waals surface area contributed by atoms with Gasteiger partial charge in [-0.05, 0) is 48.4 Å². The number of furan rings is 1. The van der Waals surface area contributed by atoms with Gasteiger partial charge in [0.05, 0.1) is 21.7 Å². The molecule has 0 radical (unpaired) electrons. The van der Waals surface area contributed by atoms with E-state index >= 15 is 0 Å². The standard InChI is InChI=1S/C19H15F3N2O3S/c1-11-8-15(24-17(25)14-6-3-7-27-14)28-16(11)18(26)23-10-12-4-2-5-13(9-12)19(20,21)22/h2-9H,10H2,1H3,(H,23,26)(H,24,25). The van der Waals surface area contributed by atoms with Crippen LogP contribution < -0.4 is 10.6 Å². The summed E-state index contributed by atoms with van der Waals surface area (Å²) in [4.78, 5) is 24.8. The van der Waals surface area contributed by atoms with Gasteiger partial charge in [0.2, 0.25) is 0 Å². The maximum absolute atomic E-state index is 12.8. The third-order valence-corrected chi connectivity index (χ3v) is 4.96. The molecule has 0 aliphatic heterocycles. The van der Waals surface area contributed by atoms with Gasteiger partial charge >= 0.3 is 6.18 Å². The van der Waals surface area contributed by atoms with Crippen LogP contribution in [0.1, 0.15) is 36.9 Å². The van der Waals surface area contributed by atoms with Gasteiger partial charge in [-0.3, -0.25) is 9.59 Å². The highest BCUT2D eigenvalue weighted by Crippen LogP contribution is 2.30. The van der Waals surface area contributed by atoms with Crippen molar-refractivity contribution in [1.29, 1.82) is 0 Å². The first-order valence-electron chi connectivity index (χ1n) is 8.13. The molecular formula is C19H15F3N2O3S. The molecule has 2 N–H and O–H groups in total. The monoisotopic (exact) mass is 408 g/mol. The molecule has 1 aromatic carbocycles. The molecule has 3 aromatic rings. The lowest BCUT2D eigenvalue weighted by molar-refractivity contribution is -0.137. The molecule has 9 heteroatoms. The minimum atomic E-state index is -4.44. The summed E-state index contributed by atoms with van der Waals surface area (Å²) in [6.07, 6.45) is -3.06. The second-order valence-corrected chi connectivity index (χ2v) is 6.99. The summed E-state index contributed by atoms with van der Waals surface area (Å²) in [5.41, 5.74) is 0.208. The van der Waals surface area contributed by atoms with Gasteiger partial charge in [-0.1, -0.05) is 12.1 Å². The number of carbonyl (C=O) groups excluding carboxylic acids is 2. The van der Waals surface area contributed by atoms with Crippen molar-refractivity contribution >= 4 is 28.2 Å². The van der Waals surface area contributed by atoms with Crippen LogP contribution in [0.4, 0.5) is 18.2 Å². The van der Waals surface area contributed by atoms with E-state index in [-0.39, 0.29) is 12.3 Å². The number of hydrogen-bond acceptors (Lipinski definition) is 4. The molecule has 0 spiro atoms. The molecular weight excluding hydrogens is 393 g/mol. The summed E-state index contributed by atoms with van der Waals surface area (Å²) in [5, 5.41) is 5.70. The van der Waals surface area contributed by atoms with E-state index in [1.165, 1.54) is 24.5 Å². The Hall–Kier alpha value is -3.07. The van der Waals surface area contributed by atoms with E-state index in [4.69, 9.17) is 4.42 Å². The third-order valence-electron chi connectivity index (χ3n) is 3.81. The summed E-state index contributed by atoms with van der Waals surface area (Å²) < 4.78 is 43.3. The zero-order valence-corrected chi connectivity index (χ0v) is 15.4. The average Bonchev–Trinajstić information content (AvgIpc) is 3.29. The molecule has 0 atom stereocenters. The van der Waals surface area contributed by atoms with Gasteiger partial charge in [-0.2, -0.15) is 13.2 Å². The van der Waals surface area contributed by atoms with Crippen molar-refractivity contribution in [3.63, 3.8) is 0 Å². The number of carbonyl (C=O) groups is 2. The number of aryl methyl sites for hydroxylation is 1. The van der Waals surface area contributed by atoms with Gasteiger partial charge < -0.3 is 15.1 Å². The number of alkyl halides is 3. The topological polar surface area (TPSA) is 71.3 Å². The highest BCUT2D eigenvalue weighted by atomic mass is 32.1. The van der Waals surface area contributed by atoms with Crippen LogP contribution in [-0.4, -0.2) is 11.8 Å². The van der Waals surface area contributed by atoms with Gasteiger partial charge in [-0.15, -0.1) is 11.3 Å². The molecule has 0 aliphatic rings. The molecule has 0 unspecified atom stereocenters. The van der Waals surface area contributed by atoms with Gasteiger partial charge in [-0.25, -0.2) is 0 Å². The molecule has 2 aromatic heterocycles. The molecule has 2 heterocycles. The van der Waals surface area contributed by atoms with E-state index in [0.717, 1.165) is 23.5 Å². The molecule has 5 nitrogen and oxygen atoms in total. The average molecular weight is 408 g/mol. The van der Waals surface area contributed by atoms with Gasteiger partial charge in [0.15, 0.2) is 5.76 Å². The normalized spacial score (nSPS) is 11.3. The lowest BCUT2D eigenvalue weighted by atomic mass is 10.1. The van der Waals surface area contributed by atoms with Crippen molar-refractivity contribution in [1.82, 2.24) is 5.32 Å². The Morgan fingerprint density at radius 2 is 1.89 bits per heavy atom. The van der Waals surface area contributed by atoms with E-state index in [9.17, 15) is 22.8 Å². The van der Waals surface area contributed by atoms with E-state index < -0.39 is 23.6 Å². The highest BCUT2D eigenvalue weighted by Gasteiger charge is 2.30. The maximum Gasteiger partial charge on any atom is 0.416 e. The van der Waals surface area contributed by atoms with Crippen LogP contribution in [0.15, 0.2) is 53.1 Å². The highest BCUT2D eigenvalue weighted by molar-refractivity contribution is 7.18. The van der Waals surface area contributed by atoms with Crippen LogP contribution in [0.2, 0.25) is 0 Å². The first-order valence-corrected chi connectivity index (χ1v) is 8.95. The SMILES string of the molecule is Cc1cc(NC(=O)c2ccco2)sc1C(=O)NCc1cccc(C(F)(F)F)c1. The Bertz CT molecular complexity index is 994. The lowest BCUT2D eigenvalue weighted by Crippen LogP contribution is -2.22. The summed E-state index contributed by atoms with van der Waals surface area (Å²) in [5.74, 6) is -0.734. The van der Waals surface area contributed by atoms with Crippen LogP contribution in [0, 0.1) is 6.92 Å². The van der Waals surface area contributed by atoms with E-state index in [1.54, 1.807) is 19.1 Å². The van der Waals surface area contributed by atoms with Crippen molar-refractivity contribution < 1.29 is 27.2 Å². The van der Waals surface area contributed by atoms with Crippen molar-refractivity contribution in [3.8, 4) is 0 Å². The van der Waals surface area contributed by atoms with Gasteiger partial charge in [0.1, 0.15) is 0 Å². The van der Waals surface area contributed by atoms with E-state index in [1.807, 2.05) is 0 Å². The molecule has 0 saturated heterocycles. The Morgan fingerprint density at radius 1 is 1.11 bits per heavy atom. The summed E-state index contributed by atoms with van der Waals surface area (Å²) in [6, 6.07) is 9.51. The summed E-state index contributed by atoms with van der Waals surface area (Å²) >= 11 is 1.07. The number of anilines is 1. The lowest BCUT2D eigenvalue weighted by Gasteiger charge is -2.09. The number of nitrogens with one attached hydrogen (secondary N) is 2. The minimum Gasteiger partial charge on any atom is -0.459 e. The minimum absolute atomic E-state index is 0.0474. The van der Waals surface area contributed by atoms with Crippen LogP contribution in [0.3, 0.4) is 0 Å². The van der Waals surface area contributed by atoms with Crippen molar-refractivity contribution in [2.24, 2.45) is 0 Å². The largest absolute Gasteiger partial charge is 0.459 e. The first-order chi connectivity index (χ1) is 13.2. The first kappa shape index (κ1) is 19.7. The quantitative estimate of drug-likeness (QED) is 0.634. The Balaban J connectivity index is 1.65. The summed E-state index contributed by atoms with van der Waals surface area (Å²) in [6.45, 7) is 1.66. The third kappa shape index (κ3) is 4.61. The number of thiophene rings is 1. The number of halogens is 3. The van der Waals surface area contributed by atoms with E-state index in [2.05, 4.69) is 10.6 Å². The molecule has 2 amide bonds. The number of rotatable bonds is 5. The van der Waals surface area contributed by atoms with Crippen LogP contribution in [0.25, 0.3) is 0 Å². The van der Waals surface area contributed by atoms with E-state index in [0.29, 0.717) is 21.0 Å². The second kappa shape index (κ2) is 7.89. The van der Waals surface area contributed by atoms with Crippen molar-refractivity contribution in [3.05, 3.63) is 76.1 Å². The predicted octanol–water partition coefficient (Wildman–Crippen LogP) is 4.85. The van der Waals surface area contributed by atoms with Gasteiger partial charge in [0.25, 0.3) is 11.8 Å². The molecule has 28 heavy (non-hydrogen) atoms. The van der Waals surface area contributed by atoms with Gasteiger partial charge in [0, 0.05) is 6.54 Å². The number of benzene rings is 1. The number of amides is 2. The smallest absolute Gasteiger partial charge is 0.416 e. The Kier molecular flexibility index (Phi) is 5.55. The molecule has 3 rings (SSSR count). The zero-order chi connectivity index (χ0) is 20.3. The Labute approximate surface area is 162 Å². The Morgan fingerprint density at radius 3 is 2.57 bits per heavy atom. The molecule has 0 fully saturated rings. The van der Waals surface area contributed by atoms with Crippen molar-refractivity contribution in [2.45, 2.75) is 19.6 Å². The molecule has 146 valence electrons. The maximum atomic E-state index is 12.8. The summed E-state index contributed by atoms with van der Waals surface area (Å²) in [7, 11) is 0. The van der Waals surface area contributed by atoms with Crippen molar-refractivity contribution in [2.75, 3.05) is 5.32 Å². The predicted molar refractivity (Wildman–Crippen MR) is 98.3 cm³/mol. The van der Waals surface area contributed by atoms with Crippen LogP contribution in [0.5, 0.6) is 0 Å². The fourth-order valence-corrected chi connectivity index (χ4v) is 3.45.